The van der Waals surface area contributed by atoms with Crippen LogP contribution in [0, 0.1) is 11.8 Å². The molecule has 1 N–H and O–H groups in total. The predicted octanol–water partition coefficient (Wildman–Crippen LogP) is 1.16. The number of hydrogen-bond acceptors (Lipinski definition) is 4. The second-order valence-corrected chi connectivity index (χ2v) is 5.38. The van der Waals surface area contributed by atoms with E-state index in [4.69, 9.17) is 0 Å². The number of thiophene rings is 1. The number of carboxylic acid groups (broad SMARTS) is 1. The Bertz CT molecular complexity index is 472. The van der Waals surface area contributed by atoms with Crippen molar-refractivity contribution in [3.8, 4) is 11.8 Å². The summed E-state index contributed by atoms with van der Waals surface area (Å²) in [5, 5.41) is 20.7. The number of aliphatic hydroxyl groups is 1. The lowest BCUT2D eigenvalue weighted by Crippen LogP contribution is -2.29. The first kappa shape index (κ1) is 12.2. The van der Waals surface area contributed by atoms with Crippen molar-refractivity contribution in [1.82, 2.24) is 0 Å². The topological polar surface area (TPSA) is 60.4 Å². The molecule has 0 spiro atoms. The van der Waals surface area contributed by atoms with Gasteiger partial charge in [-0.2, -0.15) is 0 Å². The Labute approximate surface area is 104 Å². The van der Waals surface area contributed by atoms with Gasteiger partial charge >= 0.3 is 0 Å². The Balaban J connectivity index is 2.11. The van der Waals surface area contributed by atoms with Gasteiger partial charge in [0, 0.05) is 0 Å². The van der Waals surface area contributed by atoms with Gasteiger partial charge in [0.1, 0.15) is 5.60 Å². The van der Waals surface area contributed by atoms with Gasteiger partial charge in [0.15, 0.2) is 0 Å². The van der Waals surface area contributed by atoms with E-state index >= 15 is 0 Å². The third kappa shape index (κ3) is 3.09. The van der Waals surface area contributed by atoms with Crippen LogP contribution in [0.2, 0.25) is 0 Å². The molecule has 4 heteroatoms. The summed E-state index contributed by atoms with van der Waals surface area (Å²) in [5.41, 5.74) is -0.885. The van der Waals surface area contributed by atoms with Crippen LogP contribution in [0.25, 0.3) is 0 Å². The van der Waals surface area contributed by atoms with E-state index in [1.165, 1.54) is 6.07 Å². The summed E-state index contributed by atoms with van der Waals surface area (Å²) in [6, 6.07) is 3.13. The number of carbonyl (C=O) groups excluding carboxylic acids is 1. The van der Waals surface area contributed by atoms with Crippen molar-refractivity contribution in [2.75, 3.05) is 0 Å². The lowest BCUT2D eigenvalue weighted by molar-refractivity contribution is -0.254. The molecule has 2 rings (SSSR count). The zero-order chi connectivity index (χ0) is 12.3. The Kier molecular flexibility index (Phi) is 3.51. The third-order valence-corrected chi connectivity index (χ3v) is 3.89. The molecule has 1 heterocycles. The van der Waals surface area contributed by atoms with E-state index < -0.39 is 11.6 Å². The molecule has 1 aliphatic rings. The molecule has 0 radical (unpaired) electrons. The van der Waals surface area contributed by atoms with Crippen molar-refractivity contribution >= 4 is 17.3 Å². The van der Waals surface area contributed by atoms with Crippen molar-refractivity contribution in [3.05, 3.63) is 21.9 Å². The average Bonchev–Trinajstić information content (AvgIpc) is 2.76. The zero-order valence-corrected chi connectivity index (χ0v) is 10.2. The van der Waals surface area contributed by atoms with E-state index in [1.54, 1.807) is 6.07 Å². The SMILES string of the molecule is O=C([O-])c1ccc(C#CC2(O)CCCCC2)s1. The van der Waals surface area contributed by atoms with Crippen LogP contribution in [0.4, 0.5) is 0 Å². The monoisotopic (exact) mass is 249 g/mol. The van der Waals surface area contributed by atoms with Crippen LogP contribution in [-0.4, -0.2) is 16.7 Å². The second kappa shape index (κ2) is 4.91. The molecule has 1 aliphatic carbocycles. The lowest BCUT2D eigenvalue weighted by atomic mass is 9.85. The first-order valence-corrected chi connectivity index (χ1v) is 6.47. The average molecular weight is 249 g/mol. The predicted molar refractivity (Wildman–Crippen MR) is 63.6 cm³/mol. The van der Waals surface area contributed by atoms with Gasteiger partial charge in [-0.3, -0.25) is 0 Å². The number of aromatic carboxylic acids is 1. The Morgan fingerprint density at radius 3 is 2.65 bits per heavy atom. The fourth-order valence-corrected chi connectivity index (χ4v) is 2.65. The van der Waals surface area contributed by atoms with Crippen LogP contribution in [0.1, 0.15) is 46.7 Å². The Morgan fingerprint density at radius 1 is 1.35 bits per heavy atom. The highest BCUT2D eigenvalue weighted by atomic mass is 32.1. The molecule has 90 valence electrons. The minimum atomic E-state index is -1.18. The molecule has 1 saturated carbocycles. The molecule has 0 aliphatic heterocycles. The summed E-state index contributed by atoms with van der Waals surface area (Å²) < 4.78 is 0. The van der Waals surface area contributed by atoms with E-state index in [9.17, 15) is 15.0 Å². The Morgan fingerprint density at radius 2 is 2.06 bits per heavy atom. The second-order valence-electron chi connectivity index (χ2n) is 4.29. The van der Waals surface area contributed by atoms with Gasteiger partial charge in [-0.05, 0) is 37.8 Å². The molecule has 0 unspecified atom stereocenters. The fraction of sp³-hybridized carbons (Fsp3) is 0.462. The Hall–Kier alpha value is -1.31. The highest BCUT2D eigenvalue weighted by molar-refractivity contribution is 7.14. The van der Waals surface area contributed by atoms with Crippen LogP contribution in [0.5, 0.6) is 0 Å². The lowest BCUT2D eigenvalue weighted by Gasteiger charge is -2.26. The van der Waals surface area contributed by atoms with Gasteiger partial charge in [0.25, 0.3) is 0 Å². The van der Waals surface area contributed by atoms with Gasteiger partial charge < -0.3 is 15.0 Å². The maximum absolute atomic E-state index is 10.6. The molecular formula is C13H13O3S-. The van der Waals surface area contributed by atoms with E-state index in [1.807, 2.05) is 0 Å². The summed E-state index contributed by atoms with van der Waals surface area (Å²) in [5.74, 6) is 4.55. The van der Waals surface area contributed by atoms with Crippen LogP contribution in [0.3, 0.4) is 0 Å². The fourth-order valence-electron chi connectivity index (χ4n) is 1.95. The number of hydrogen-bond donors (Lipinski definition) is 1. The van der Waals surface area contributed by atoms with Crippen molar-refractivity contribution in [2.45, 2.75) is 37.7 Å². The summed E-state index contributed by atoms with van der Waals surface area (Å²) >= 11 is 1.08. The van der Waals surface area contributed by atoms with Crippen molar-refractivity contribution < 1.29 is 15.0 Å². The third-order valence-electron chi connectivity index (χ3n) is 2.91. The van der Waals surface area contributed by atoms with Gasteiger partial charge in [0.05, 0.1) is 15.7 Å². The maximum atomic E-state index is 10.6. The van der Waals surface area contributed by atoms with Crippen molar-refractivity contribution in [1.29, 1.82) is 0 Å². The quantitative estimate of drug-likeness (QED) is 0.760. The van der Waals surface area contributed by atoms with Crippen LogP contribution >= 0.6 is 11.3 Å². The summed E-state index contributed by atoms with van der Waals surface area (Å²) in [6.07, 6.45) is 4.56. The molecule has 3 nitrogen and oxygen atoms in total. The summed E-state index contributed by atoms with van der Waals surface area (Å²) in [7, 11) is 0. The largest absolute Gasteiger partial charge is 0.544 e. The van der Waals surface area contributed by atoms with Gasteiger partial charge in [-0.15, -0.1) is 11.3 Å². The molecule has 0 aromatic carbocycles. The minimum absolute atomic E-state index is 0.171. The molecule has 1 fully saturated rings. The minimum Gasteiger partial charge on any atom is -0.544 e. The molecule has 0 atom stereocenters. The number of carboxylic acids is 1. The van der Waals surface area contributed by atoms with Crippen LogP contribution in [-0.2, 0) is 0 Å². The molecule has 17 heavy (non-hydrogen) atoms. The van der Waals surface area contributed by atoms with Gasteiger partial charge in [0.2, 0.25) is 0 Å². The highest BCUT2D eigenvalue weighted by Crippen LogP contribution is 2.27. The standard InChI is InChI=1S/C13H14O3S/c14-12(15)11-5-4-10(17-11)6-9-13(16)7-2-1-3-8-13/h4-5,16H,1-3,7-8H2,(H,14,15)/p-1. The van der Waals surface area contributed by atoms with Crippen molar-refractivity contribution in [2.24, 2.45) is 0 Å². The van der Waals surface area contributed by atoms with E-state index in [2.05, 4.69) is 11.8 Å². The summed E-state index contributed by atoms with van der Waals surface area (Å²) in [6.45, 7) is 0. The molecule has 1 aromatic rings. The van der Waals surface area contributed by atoms with E-state index in [0.717, 1.165) is 30.6 Å². The normalized spacial score (nSPS) is 18.2. The first-order valence-electron chi connectivity index (χ1n) is 5.66. The summed E-state index contributed by atoms with van der Waals surface area (Å²) in [4.78, 5) is 11.4. The number of carbonyl (C=O) groups is 1. The smallest absolute Gasteiger partial charge is 0.125 e. The van der Waals surface area contributed by atoms with Crippen LogP contribution < -0.4 is 5.11 Å². The highest BCUT2D eigenvalue weighted by Gasteiger charge is 2.26. The van der Waals surface area contributed by atoms with E-state index in [-0.39, 0.29) is 4.88 Å². The number of rotatable bonds is 1. The molecule has 0 saturated heterocycles. The molecule has 0 bridgehead atoms. The molecule has 0 amide bonds. The zero-order valence-electron chi connectivity index (χ0n) is 9.36. The molecular weight excluding hydrogens is 236 g/mol. The maximum Gasteiger partial charge on any atom is 0.125 e. The van der Waals surface area contributed by atoms with Crippen LogP contribution in [0.15, 0.2) is 12.1 Å². The van der Waals surface area contributed by atoms with Gasteiger partial charge in [-0.25, -0.2) is 0 Å². The molecule has 1 aromatic heterocycles. The van der Waals surface area contributed by atoms with Crippen molar-refractivity contribution in [3.63, 3.8) is 0 Å². The van der Waals surface area contributed by atoms with Gasteiger partial charge in [-0.1, -0.05) is 18.3 Å². The first-order chi connectivity index (χ1) is 8.09. The van der Waals surface area contributed by atoms with E-state index in [0.29, 0.717) is 17.7 Å².